The summed E-state index contributed by atoms with van der Waals surface area (Å²) in [6, 6.07) is 1.31. The summed E-state index contributed by atoms with van der Waals surface area (Å²) in [6.45, 7) is 10.3. The second-order valence-corrected chi connectivity index (χ2v) is 5.93. The predicted molar refractivity (Wildman–Crippen MR) is 78.5 cm³/mol. The van der Waals surface area contributed by atoms with Gasteiger partial charge in [0.1, 0.15) is 0 Å². The quantitative estimate of drug-likeness (QED) is 0.590. The van der Waals surface area contributed by atoms with Crippen molar-refractivity contribution in [3.8, 4) is 0 Å². The Labute approximate surface area is 109 Å². The largest absolute Gasteiger partial charge is 0.313 e. The highest BCUT2D eigenvalue weighted by Crippen LogP contribution is 2.08. The van der Waals surface area contributed by atoms with E-state index in [0.717, 1.165) is 6.54 Å². The van der Waals surface area contributed by atoms with Gasteiger partial charge in [0.2, 0.25) is 0 Å². The van der Waals surface area contributed by atoms with Crippen molar-refractivity contribution in [2.75, 3.05) is 20.6 Å². The molecule has 0 saturated heterocycles. The van der Waals surface area contributed by atoms with Crippen molar-refractivity contribution < 1.29 is 0 Å². The van der Waals surface area contributed by atoms with Gasteiger partial charge in [-0.2, -0.15) is 0 Å². The maximum atomic E-state index is 3.68. The third kappa shape index (κ3) is 8.62. The molecule has 2 nitrogen and oxygen atoms in total. The smallest absolute Gasteiger partial charge is 0.0237 e. The molecule has 0 aromatic rings. The SMILES string of the molecule is CCCCCCC(C)NCC(C(C)C)N(C)C. The Balaban J connectivity index is 3.69. The lowest BCUT2D eigenvalue weighted by Crippen LogP contribution is -2.44. The summed E-state index contributed by atoms with van der Waals surface area (Å²) >= 11 is 0. The molecule has 0 aromatic carbocycles. The van der Waals surface area contributed by atoms with Crippen LogP contribution in [-0.4, -0.2) is 37.6 Å². The molecule has 0 amide bonds. The summed E-state index contributed by atoms with van der Waals surface area (Å²) in [5.41, 5.74) is 0. The van der Waals surface area contributed by atoms with Crippen LogP contribution in [0.2, 0.25) is 0 Å². The Morgan fingerprint density at radius 1 is 1.00 bits per heavy atom. The lowest BCUT2D eigenvalue weighted by Gasteiger charge is -2.29. The standard InChI is InChI=1S/C15H34N2/c1-7-8-9-10-11-14(4)16-12-15(13(2)3)17(5)6/h13-16H,7-12H2,1-6H3. The molecule has 0 spiro atoms. The monoisotopic (exact) mass is 242 g/mol. The number of rotatable bonds is 10. The lowest BCUT2D eigenvalue weighted by atomic mass is 10.0. The highest BCUT2D eigenvalue weighted by Gasteiger charge is 2.15. The van der Waals surface area contributed by atoms with Crippen LogP contribution in [0.4, 0.5) is 0 Å². The number of hydrogen-bond acceptors (Lipinski definition) is 2. The lowest BCUT2D eigenvalue weighted by molar-refractivity contribution is 0.218. The number of nitrogens with one attached hydrogen (secondary N) is 1. The normalized spacial score (nSPS) is 15.5. The van der Waals surface area contributed by atoms with Crippen molar-refractivity contribution in [3.63, 3.8) is 0 Å². The zero-order valence-electron chi connectivity index (χ0n) is 12.9. The Kier molecular flexibility index (Phi) is 9.85. The average molecular weight is 242 g/mol. The fourth-order valence-electron chi connectivity index (χ4n) is 2.32. The van der Waals surface area contributed by atoms with Gasteiger partial charge in [0.25, 0.3) is 0 Å². The number of unbranched alkanes of at least 4 members (excludes halogenated alkanes) is 3. The minimum atomic E-state index is 0.646. The Hall–Kier alpha value is -0.0800. The molecular formula is C15H34N2. The van der Waals surface area contributed by atoms with Crippen molar-refractivity contribution in [1.29, 1.82) is 0 Å². The Morgan fingerprint density at radius 2 is 1.65 bits per heavy atom. The van der Waals surface area contributed by atoms with Crippen LogP contribution in [0.5, 0.6) is 0 Å². The van der Waals surface area contributed by atoms with E-state index in [-0.39, 0.29) is 0 Å². The van der Waals surface area contributed by atoms with Crippen molar-refractivity contribution in [1.82, 2.24) is 10.2 Å². The first-order valence-corrected chi connectivity index (χ1v) is 7.38. The van der Waals surface area contributed by atoms with E-state index in [1.54, 1.807) is 0 Å². The van der Waals surface area contributed by atoms with Crippen LogP contribution in [0.15, 0.2) is 0 Å². The minimum absolute atomic E-state index is 0.646. The molecule has 17 heavy (non-hydrogen) atoms. The van der Waals surface area contributed by atoms with Crippen LogP contribution in [0.25, 0.3) is 0 Å². The van der Waals surface area contributed by atoms with Gasteiger partial charge in [0.05, 0.1) is 0 Å². The summed E-state index contributed by atoms with van der Waals surface area (Å²) in [5.74, 6) is 0.713. The van der Waals surface area contributed by atoms with Crippen LogP contribution >= 0.6 is 0 Å². The summed E-state index contributed by atoms with van der Waals surface area (Å²) < 4.78 is 0. The Morgan fingerprint density at radius 3 is 2.12 bits per heavy atom. The first-order chi connectivity index (χ1) is 7.99. The highest BCUT2D eigenvalue weighted by molar-refractivity contribution is 4.74. The van der Waals surface area contributed by atoms with Crippen molar-refractivity contribution in [2.24, 2.45) is 5.92 Å². The first kappa shape index (κ1) is 16.9. The highest BCUT2D eigenvalue weighted by atomic mass is 15.1. The van der Waals surface area contributed by atoms with E-state index >= 15 is 0 Å². The van der Waals surface area contributed by atoms with Gasteiger partial charge in [-0.05, 0) is 33.4 Å². The molecule has 104 valence electrons. The first-order valence-electron chi connectivity index (χ1n) is 7.38. The van der Waals surface area contributed by atoms with Gasteiger partial charge in [0, 0.05) is 18.6 Å². The molecule has 0 aliphatic rings. The van der Waals surface area contributed by atoms with Crippen LogP contribution in [0.1, 0.15) is 59.8 Å². The molecule has 0 aliphatic carbocycles. The van der Waals surface area contributed by atoms with E-state index in [2.05, 4.69) is 52.0 Å². The zero-order valence-corrected chi connectivity index (χ0v) is 12.9. The fraction of sp³-hybridized carbons (Fsp3) is 1.00. The van der Waals surface area contributed by atoms with Gasteiger partial charge in [-0.15, -0.1) is 0 Å². The number of nitrogens with zero attached hydrogens (tertiary/aromatic N) is 1. The average Bonchev–Trinajstić information content (AvgIpc) is 2.23. The topological polar surface area (TPSA) is 15.3 Å². The van der Waals surface area contributed by atoms with Gasteiger partial charge in [0.15, 0.2) is 0 Å². The molecule has 0 aromatic heterocycles. The van der Waals surface area contributed by atoms with E-state index in [4.69, 9.17) is 0 Å². The third-order valence-electron chi connectivity index (χ3n) is 3.60. The molecule has 0 aliphatic heterocycles. The van der Waals surface area contributed by atoms with Crippen molar-refractivity contribution >= 4 is 0 Å². The summed E-state index contributed by atoms with van der Waals surface area (Å²) in [7, 11) is 4.36. The molecule has 0 saturated carbocycles. The van der Waals surface area contributed by atoms with Crippen LogP contribution in [0, 0.1) is 5.92 Å². The van der Waals surface area contributed by atoms with Crippen molar-refractivity contribution in [3.05, 3.63) is 0 Å². The van der Waals surface area contributed by atoms with E-state index in [9.17, 15) is 0 Å². The molecule has 0 radical (unpaired) electrons. The molecular weight excluding hydrogens is 208 g/mol. The molecule has 2 unspecified atom stereocenters. The number of likely N-dealkylation sites (N-methyl/N-ethyl adjacent to an activating group) is 1. The zero-order chi connectivity index (χ0) is 13.3. The van der Waals surface area contributed by atoms with Crippen LogP contribution in [0.3, 0.4) is 0 Å². The maximum Gasteiger partial charge on any atom is 0.0237 e. The Bertz CT molecular complexity index is 158. The van der Waals surface area contributed by atoms with E-state index < -0.39 is 0 Å². The molecule has 1 N–H and O–H groups in total. The molecule has 0 fully saturated rings. The molecule has 2 atom stereocenters. The van der Waals surface area contributed by atoms with E-state index in [1.807, 2.05) is 0 Å². The van der Waals surface area contributed by atoms with Gasteiger partial charge in [-0.1, -0.05) is 46.5 Å². The van der Waals surface area contributed by atoms with Gasteiger partial charge >= 0.3 is 0 Å². The fourth-order valence-corrected chi connectivity index (χ4v) is 2.32. The second-order valence-electron chi connectivity index (χ2n) is 5.93. The van der Waals surface area contributed by atoms with Gasteiger partial charge in [-0.25, -0.2) is 0 Å². The molecule has 0 rings (SSSR count). The van der Waals surface area contributed by atoms with Gasteiger partial charge in [-0.3, -0.25) is 0 Å². The number of hydrogen-bond donors (Lipinski definition) is 1. The molecule has 2 heteroatoms. The maximum absolute atomic E-state index is 3.68. The van der Waals surface area contributed by atoms with Crippen LogP contribution < -0.4 is 5.32 Å². The molecule has 0 heterocycles. The predicted octanol–water partition coefficient (Wildman–Crippen LogP) is 3.52. The van der Waals surface area contributed by atoms with E-state index in [0.29, 0.717) is 18.0 Å². The van der Waals surface area contributed by atoms with Crippen molar-refractivity contribution in [2.45, 2.75) is 71.9 Å². The summed E-state index contributed by atoms with van der Waals surface area (Å²) in [5, 5.41) is 3.68. The molecule has 0 bridgehead atoms. The van der Waals surface area contributed by atoms with Crippen LogP contribution in [-0.2, 0) is 0 Å². The van der Waals surface area contributed by atoms with Gasteiger partial charge < -0.3 is 10.2 Å². The summed E-state index contributed by atoms with van der Waals surface area (Å²) in [4.78, 5) is 2.33. The minimum Gasteiger partial charge on any atom is -0.313 e. The van der Waals surface area contributed by atoms with E-state index in [1.165, 1.54) is 32.1 Å². The third-order valence-corrected chi connectivity index (χ3v) is 3.60. The summed E-state index contributed by atoms with van der Waals surface area (Å²) in [6.07, 6.45) is 6.80. The second kappa shape index (κ2) is 9.90.